The molecule has 0 fully saturated rings. The number of benzene rings is 2. The normalized spacial score (nSPS) is 16.0. The largest absolute Gasteiger partial charge is 0.402 e. The Morgan fingerprint density at radius 3 is 2.52 bits per heavy atom. The van der Waals surface area contributed by atoms with E-state index in [0.717, 1.165) is 21.2 Å². The van der Waals surface area contributed by atoms with Crippen molar-refractivity contribution in [3.8, 4) is 0 Å². The molecule has 1 aliphatic rings. The minimum Gasteiger partial charge on any atom is -0.402 e. The number of nitrogens with zero attached hydrogens (tertiary/aromatic N) is 1. The third-order valence-electron chi connectivity index (χ3n) is 3.12. The van der Waals surface area contributed by atoms with E-state index in [4.69, 9.17) is 4.74 Å². The van der Waals surface area contributed by atoms with Gasteiger partial charge in [-0.3, -0.25) is 0 Å². The van der Waals surface area contributed by atoms with E-state index < -0.39 is 5.97 Å². The fraction of sp³-hybridized carbons (Fsp3) is 0.0588. The third-order valence-corrected chi connectivity index (χ3v) is 3.84. The number of carbonyl (C=O) groups is 1. The summed E-state index contributed by atoms with van der Waals surface area (Å²) in [5.74, 6) is -0.0837. The van der Waals surface area contributed by atoms with Gasteiger partial charge < -0.3 is 4.74 Å². The highest BCUT2D eigenvalue weighted by atomic mass is 79.9. The molecule has 104 valence electrons. The maximum Gasteiger partial charge on any atom is 0.363 e. The van der Waals surface area contributed by atoms with Gasteiger partial charge >= 0.3 is 5.97 Å². The number of esters is 1. The van der Waals surface area contributed by atoms with Gasteiger partial charge in [0.1, 0.15) is 0 Å². The number of hydrogen-bond donors (Lipinski definition) is 0. The number of cyclic esters (lactones) is 1. The van der Waals surface area contributed by atoms with E-state index in [1.807, 2.05) is 55.5 Å². The third kappa shape index (κ3) is 2.95. The summed E-state index contributed by atoms with van der Waals surface area (Å²) in [6, 6.07) is 15.3. The molecule has 1 heterocycles. The van der Waals surface area contributed by atoms with Crippen molar-refractivity contribution >= 4 is 33.9 Å². The number of halogens is 1. The Kier molecular flexibility index (Phi) is 3.71. The maximum absolute atomic E-state index is 11.9. The SMILES string of the molecule is Cc1ccc(C2=N/C(=C/c3ccccc3Br)C(=O)O2)cc1. The molecule has 0 saturated carbocycles. The van der Waals surface area contributed by atoms with Crippen LogP contribution in [0, 0.1) is 6.92 Å². The molecule has 0 bridgehead atoms. The predicted octanol–water partition coefficient (Wildman–Crippen LogP) is 4.10. The Balaban J connectivity index is 1.96. The molecule has 0 N–H and O–H groups in total. The summed E-state index contributed by atoms with van der Waals surface area (Å²) in [5, 5.41) is 0. The molecule has 0 unspecified atom stereocenters. The number of aliphatic imine (C=N–C) groups is 1. The maximum atomic E-state index is 11.9. The van der Waals surface area contributed by atoms with Gasteiger partial charge in [-0.05, 0) is 36.8 Å². The first-order valence-corrected chi connectivity index (χ1v) is 7.27. The topological polar surface area (TPSA) is 38.7 Å². The number of ether oxygens (including phenoxy) is 1. The molecule has 0 aromatic heterocycles. The lowest BCUT2D eigenvalue weighted by atomic mass is 10.1. The molecule has 2 aromatic carbocycles. The molecule has 0 atom stereocenters. The second-order valence-electron chi connectivity index (χ2n) is 4.72. The second kappa shape index (κ2) is 5.66. The number of hydrogen-bond acceptors (Lipinski definition) is 3. The van der Waals surface area contributed by atoms with Gasteiger partial charge in [0.15, 0.2) is 5.70 Å². The molecule has 2 aromatic rings. The number of rotatable bonds is 2. The lowest BCUT2D eigenvalue weighted by molar-refractivity contribution is -0.129. The summed E-state index contributed by atoms with van der Waals surface area (Å²) < 4.78 is 6.15. The Bertz CT molecular complexity index is 761. The molecule has 0 spiro atoms. The zero-order valence-electron chi connectivity index (χ0n) is 11.3. The van der Waals surface area contributed by atoms with Crippen molar-refractivity contribution in [2.75, 3.05) is 0 Å². The standard InChI is InChI=1S/C17H12BrNO2/c1-11-6-8-12(9-7-11)16-19-15(17(20)21-16)10-13-4-2-3-5-14(13)18/h2-10H,1H3/b15-10+. The zero-order chi connectivity index (χ0) is 14.8. The van der Waals surface area contributed by atoms with Crippen LogP contribution < -0.4 is 0 Å². The van der Waals surface area contributed by atoms with Crippen molar-refractivity contribution in [2.24, 2.45) is 4.99 Å². The van der Waals surface area contributed by atoms with Crippen molar-refractivity contribution in [1.82, 2.24) is 0 Å². The Labute approximate surface area is 131 Å². The van der Waals surface area contributed by atoms with E-state index in [-0.39, 0.29) is 0 Å². The molecular weight excluding hydrogens is 330 g/mol. The molecule has 3 nitrogen and oxygen atoms in total. The zero-order valence-corrected chi connectivity index (χ0v) is 12.9. The van der Waals surface area contributed by atoms with Crippen LogP contribution in [-0.4, -0.2) is 11.9 Å². The highest BCUT2D eigenvalue weighted by Crippen LogP contribution is 2.23. The molecule has 1 aliphatic heterocycles. The highest BCUT2D eigenvalue weighted by molar-refractivity contribution is 9.10. The summed E-state index contributed by atoms with van der Waals surface area (Å²) >= 11 is 3.45. The fourth-order valence-electron chi connectivity index (χ4n) is 1.97. The van der Waals surface area contributed by atoms with Crippen LogP contribution in [0.15, 0.2) is 63.7 Å². The van der Waals surface area contributed by atoms with Gasteiger partial charge in [-0.2, -0.15) is 0 Å². The molecular formula is C17H12BrNO2. The first-order valence-electron chi connectivity index (χ1n) is 6.47. The number of carbonyl (C=O) groups excluding carboxylic acids is 1. The van der Waals surface area contributed by atoms with Crippen molar-refractivity contribution in [2.45, 2.75) is 6.92 Å². The van der Waals surface area contributed by atoms with Crippen LogP contribution in [0.25, 0.3) is 6.08 Å². The average Bonchev–Trinajstić information content (AvgIpc) is 2.83. The van der Waals surface area contributed by atoms with Crippen LogP contribution >= 0.6 is 15.9 Å². The van der Waals surface area contributed by atoms with Crippen molar-refractivity contribution in [1.29, 1.82) is 0 Å². The Morgan fingerprint density at radius 1 is 1.10 bits per heavy atom. The van der Waals surface area contributed by atoms with Crippen LogP contribution in [0.3, 0.4) is 0 Å². The quantitative estimate of drug-likeness (QED) is 0.609. The lowest BCUT2D eigenvalue weighted by Gasteiger charge is -1.99. The van der Waals surface area contributed by atoms with Crippen LogP contribution in [0.1, 0.15) is 16.7 Å². The van der Waals surface area contributed by atoms with Gasteiger partial charge in [0, 0.05) is 10.0 Å². The van der Waals surface area contributed by atoms with E-state index in [1.165, 1.54) is 0 Å². The van der Waals surface area contributed by atoms with Gasteiger partial charge in [-0.1, -0.05) is 51.8 Å². The van der Waals surface area contributed by atoms with Crippen molar-refractivity contribution in [3.05, 3.63) is 75.4 Å². The van der Waals surface area contributed by atoms with E-state index in [1.54, 1.807) is 6.08 Å². The Morgan fingerprint density at radius 2 is 1.81 bits per heavy atom. The van der Waals surface area contributed by atoms with Crippen LogP contribution in [0.4, 0.5) is 0 Å². The van der Waals surface area contributed by atoms with Crippen LogP contribution in [0.5, 0.6) is 0 Å². The molecule has 0 radical (unpaired) electrons. The number of aryl methyl sites for hydroxylation is 1. The average molecular weight is 342 g/mol. The molecule has 0 saturated heterocycles. The summed E-state index contributed by atoms with van der Waals surface area (Å²) in [6.45, 7) is 2.00. The predicted molar refractivity (Wildman–Crippen MR) is 85.9 cm³/mol. The first kappa shape index (κ1) is 13.8. The van der Waals surface area contributed by atoms with E-state index >= 15 is 0 Å². The van der Waals surface area contributed by atoms with Crippen LogP contribution in [0.2, 0.25) is 0 Å². The second-order valence-corrected chi connectivity index (χ2v) is 5.58. The van der Waals surface area contributed by atoms with Crippen molar-refractivity contribution in [3.63, 3.8) is 0 Å². The molecule has 3 rings (SSSR count). The smallest absolute Gasteiger partial charge is 0.363 e. The summed E-state index contributed by atoms with van der Waals surface area (Å²) in [5.41, 5.74) is 3.13. The fourth-order valence-corrected chi connectivity index (χ4v) is 2.37. The van der Waals surface area contributed by atoms with Gasteiger partial charge in [0.2, 0.25) is 5.90 Å². The highest BCUT2D eigenvalue weighted by Gasteiger charge is 2.24. The minimum absolute atomic E-state index is 0.303. The van der Waals surface area contributed by atoms with E-state index in [2.05, 4.69) is 20.9 Å². The summed E-state index contributed by atoms with van der Waals surface area (Å²) in [7, 11) is 0. The minimum atomic E-state index is -0.429. The van der Waals surface area contributed by atoms with Gasteiger partial charge in [0.05, 0.1) is 0 Å². The van der Waals surface area contributed by atoms with E-state index in [9.17, 15) is 4.79 Å². The van der Waals surface area contributed by atoms with Crippen LogP contribution in [-0.2, 0) is 9.53 Å². The monoisotopic (exact) mass is 341 g/mol. The van der Waals surface area contributed by atoms with E-state index in [0.29, 0.717) is 11.6 Å². The molecule has 21 heavy (non-hydrogen) atoms. The Hall–Kier alpha value is -2.20. The van der Waals surface area contributed by atoms with Gasteiger partial charge in [-0.25, -0.2) is 9.79 Å². The summed E-state index contributed by atoms with van der Waals surface area (Å²) in [4.78, 5) is 16.2. The summed E-state index contributed by atoms with van der Waals surface area (Å²) in [6.07, 6.45) is 1.72. The van der Waals surface area contributed by atoms with Gasteiger partial charge in [0.25, 0.3) is 0 Å². The van der Waals surface area contributed by atoms with Gasteiger partial charge in [-0.15, -0.1) is 0 Å². The molecule has 4 heteroatoms. The lowest BCUT2D eigenvalue weighted by Crippen LogP contribution is -2.05. The first-order chi connectivity index (χ1) is 10.1. The molecule has 0 amide bonds. The van der Waals surface area contributed by atoms with Crippen molar-refractivity contribution < 1.29 is 9.53 Å². The molecule has 0 aliphatic carbocycles.